The first-order valence-corrected chi connectivity index (χ1v) is 8.98. The summed E-state index contributed by atoms with van der Waals surface area (Å²) in [4.78, 5) is 23.5. The van der Waals surface area contributed by atoms with Crippen LogP contribution in [0.4, 0.5) is 0 Å². The normalized spacial score (nSPS) is 18.7. The van der Waals surface area contributed by atoms with Crippen molar-refractivity contribution in [3.05, 3.63) is 27.7 Å². The SMILES string of the molecule is Cc1nc(C)n([C@@H]2CCCN(C(=O)c3csc(C(C)C)n3)C2)n1. The lowest BCUT2D eigenvalue weighted by molar-refractivity contribution is 0.0666. The molecule has 3 rings (SSSR count). The molecule has 1 atom stereocenters. The summed E-state index contributed by atoms with van der Waals surface area (Å²) in [5.74, 6) is 2.09. The van der Waals surface area contributed by atoms with Crippen LogP contribution in [0.3, 0.4) is 0 Å². The Balaban J connectivity index is 1.75. The maximum absolute atomic E-state index is 12.7. The summed E-state index contributed by atoms with van der Waals surface area (Å²) in [6.45, 7) is 9.53. The summed E-state index contributed by atoms with van der Waals surface area (Å²) in [7, 11) is 0. The minimum atomic E-state index is 0.0346. The fourth-order valence-electron chi connectivity index (χ4n) is 3.03. The van der Waals surface area contributed by atoms with E-state index >= 15 is 0 Å². The van der Waals surface area contributed by atoms with Gasteiger partial charge in [0.1, 0.15) is 17.3 Å². The van der Waals surface area contributed by atoms with Gasteiger partial charge in [0.15, 0.2) is 0 Å². The third kappa shape index (κ3) is 3.29. The van der Waals surface area contributed by atoms with E-state index in [1.54, 1.807) is 11.3 Å². The lowest BCUT2D eigenvalue weighted by Crippen LogP contribution is -2.41. The summed E-state index contributed by atoms with van der Waals surface area (Å²) < 4.78 is 1.97. The molecule has 1 fully saturated rings. The highest BCUT2D eigenvalue weighted by Gasteiger charge is 2.28. The Hall–Kier alpha value is -1.76. The number of aryl methyl sites for hydroxylation is 2. The summed E-state index contributed by atoms with van der Waals surface area (Å²) in [5.41, 5.74) is 0.575. The molecule has 0 aliphatic carbocycles. The number of rotatable bonds is 3. The Kier molecular flexibility index (Phi) is 4.48. The van der Waals surface area contributed by atoms with Crippen LogP contribution in [0, 0.1) is 13.8 Å². The summed E-state index contributed by atoms with van der Waals surface area (Å²) in [5, 5.41) is 7.38. The molecule has 23 heavy (non-hydrogen) atoms. The quantitative estimate of drug-likeness (QED) is 0.866. The first kappa shape index (κ1) is 16.1. The molecule has 0 aromatic carbocycles. The molecule has 1 amide bonds. The van der Waals surface area contributed by atoms with Crippen molar-refractivity contribution in [3.63, 3.8) is 0 Å². The van der Waals surface area contributed by atoms with Crippen molar-refractivity contribution < 1.29 is 4.79 Å². The van der Waals surface area contributed by atoms with Gasteiger partial charge in [-0.15, -0.1) is 11.3 Å². The highest BCUT2D eigenvalue weighted by Crippen LogP contribution is 2.25. The van der Waals surface area contributed by atoms with Gasteiger partial charge in [0.25, 0.3) is 5.91 Å². The van der Waals surface area contributed by atoms with Crippen molar-refractivity contribution in [3.8, 4) is 0 Å². The fourth-order valence-corrected chi connectivity index (χ4v) is 3.84. The molecule has 0 saturated carbocycles. The van der Waals surface area contributed by atoms with Crippen molar-refractivity contribution in [2.24, 2.45) is 0 Å². The molecule has 0 N–H and O–H groups in total. The number of hydrogen-bond acceptors (Lipinski definition) is 5. The number of aromatic nitrogens is 4. The maximum atomic E-state index is 12.7. The van der Waals surface area contributed by atoms with Crippen molar-refractivity contribution in [1.29, 1.82) is 0 Å². The van der Waals surface area contributed by atoms with Crippen molar-refractivity contribution in [2.75, 3.05) is 13.1 Å². The highest BCUT2D eigenvalue weighted by atomic mass is 32.1. The number of carbonyl (C=O) groups is 1. The number of likely N-dealkylation sites (tertiary alicyclic amines) is 1. The molecule has 0 bridgehead atoms. The predicted octanol–water partition coefficient (Wildman–Crippen LogP) is 2.95. The van der Waals surface area contributed by atoms with Crippen molar-refractivity contribution in [1.82, 2.24) is 24.6 Å². The zero-order valence-electron chi connectivity index (χ0n) is 14.1. The average molecular weight is 333 g/mol. The van der Waals surface area contributed by atoms with Gasteiger partial charge in [-0.05, 0) is 26.7 Å². The van der Waals surface area contributed by atoms with Gasteiger partial charge >= 0.3 is 0 Å². The first-order valence-electron chi connectivity index (χ1n) is 8.10. The van der Waals surface area contributed by atoms with Crippen LogP contribution < -0.4 is 0 Å². The monoisotopic (exact) mass is 333 g/mol. The molecule has 2 aromatic heterocycles. The van der Waals surface area contributed by atoms with Gasteiger partial charge in [-0.3, -0.25) is 4.79 Å². The number of amides is 1. The molecule has 1 aliphatic heterocycles. The largest absolute Gasteiger partial charge is 0.335 e. The fraction of sp³-hybridized carbons (Fsp3) is 0.625. The van der Waals surface area contributed by atoms with Gasteiger partial charge < -0.3 is 4.90 Å². The molecular formula is C16H23N5OS. The lowest BCUT2D eigenvalue weighted by Gasteiger charge is -2.32. The van der Waals surface area contributed by atoms with E-state index in [2.05, 4.69) is 28.9 Å². The number of carbonyl (C=O) groups excluding carboxylic acids is 1. The number of piperidine rings is 1. The molecule has 3 heterocycles. The van der Waals surface area contributed by atoms with Gasteiger partial charge in [-0.1, -0.05) is 13.8 Å². The topological polar surface area (TPSA) is 63.9 Å². The lowest BCUT2D eigenvalue weighted by atomic mass is 10.1. The zero-order valence-corrected chi connectivity index (χ0v) is 14.9. The van der Waals surface area contributed by atoms with Gasteiger partial charge in [0.05, 0.1) is 11.0 Å². The third-order valence-corrected chi connectivity index (χ3v) is 5.32. The minimum absolute atomic E-state index is 0.0346. The summed E-state index contributed by atoms with van der Waals surface area (Å²) in [6.07, 6.45) is 2.01. The van der Waals surface area contributed by atoms with Crippen molar-refractivity contribution in [2.45, 2.75) is 52.5 Å². The molecule has 124 valence electrons. The molecule has 1 saturated heterocycles. The van der Waals surface area contributed by atoms with Gasteiger partial charge in [-0.25, -0.2) is 14.6 Å². The molecule has 7 heteroatoms. The van der Waals surface area contributed by atoms with E-state index in [1.165, 1.54) is 0 Å². The second-order valence-corrected chi connectivity index (χ2v) is 7.31. The number of thiazole rings is 1. The molecule has 0 spiro atoms. The van der Waals surface area contributed by atoms with Crippen LogP contribution >= 0.6 is 11.3 Å². The van der Waals surface area contributed by atoms with Crippen LogP contribution in [0.2, 0.25) is 0 Å². The maximum Gasteiger partial charge on any atom is 0.273 e. The minimum Gasteiger partial charge on any atom is -0.335 e. The molecule has 0 radical (unpaired) electrons. The van der Waals surface area contributed by atoms with Crippen LogP contribution in [0.15, 0.2) is 5.38 Å². The smallest absolute Gasteiger partial charge is 0.273 e. The van der Waals surface area contributed by atoms with E-state index in [0.29, 0.717) is 18.2 Å². The van der Waals surface area contributed by atoms with Gasteiger partial charge in [0, 0.05) is 24.4 Å². The van der Waals surface area contributed by atoms with E-state index < -0.39 is 0 Å². The molecular weight excluding hydrogens is 310 g/mol. The van der Waals surface area contributed by atoms with Crippen LogP contribution in [-0.2, 0) is 0 Å². The second-order valence-electron chi connectivity index (χ2n) is 6.42. The average Bonchev–Trinajstić information content (AvgIpc) is 3.13. The van der Waals surface area contributed by atoms with E-state index in [-0.39, 0.29) is 11.9 Å². The molecule has 0 unspecified atom stereocenters. The third-order valence-electron chi connectivity index (χ3n) is 4.17. The Labute approximate surface area is 140 Å². The van der Waals surface area contributed by atoms with E-state index in [4.69, 9.17) is 0 Å². The Morgan fingerprint density at radius 1 is 1.35 bits per heavy atom. The molecule has 1 aliphatic rings. The molecule has 2 aromatic rings. The highest BCUT2D eigenvalue weighted by molar-refractivity contribution is 7.09. The van der Waals surface area contributed by atoms with Gasteiger partial charge in [-0.2, -0.15) is 5.10 Å². The number of hydrogen-bond donors (Lipinski definition) is 0. The van der Waals surface area contributed by atoms with Crippen LogP contribution in [0.25, 0.3) is 0 Å². The Morgan fingerprint density at radius 3 is 2.74 bits per heavy atom. The van der Waals surface area contributed by atoms with E-state index in [0.717, 1.165) is 36.0 Å². The summed E-state index contributed by atoms with van der Waals surface area (Å²) in [6, 6.07) is 0.206. The van der Waals surface area contributed by atoms with Crippen molar-refractivity contribution >= 4 is 17.2 Å². The van der Waals surface area contributed by atoms with Crippen LogP contribution in [-0.4, -0.2) is 43.6 Å². The predicted molar refractivity (Wildman–Crippen MR) is 89.9 cm³/mol. The zero-order chi connectivity index (χ0) is 16.6. The standard InChI is InChI=1S/C16H23N5OS/c1-10(2)15-18-14(9-23-15)16(22)20-7-5-6-13(8-20)21-12(4)17-11(3)19-21/h9-10,13H,5-8H2,1-4H3/t13-/m1/s1. The second kappa shape index (κ2) is 6.39. The Morgan fingerprint density at radius 2 is 2.13 bits per heavy atom. The van der Waals surface area contributed by atoms with Crippen LogP contribution in [0.5, 0.6) is 0 Å². The van der Waals surface area contributed by atoms with E-state index in [1.807, 2.05) is 28.8 Å². The first-order chi connectivity index (χ1) is 11.0. The number of nitrogens with zero attached hydrogens (tertiary/aromatic N) is 5. The molecule has 6 nitrogen and oxygen atoms in total. The summed E-state index contributed by atoms with van der Waals surface area (Å²) >= 11 is 1.57. The van der Waals surface area contributed by atoms with Gasteiger partial charge in [0.2, 0.25) is 0 Å². The van der Waals surface area contributed by atoms with E-state index in [9.17, 15) is 4.79 Å². The van der Waals surface area contributed by atoms with Crippen LogP contribution in [0.1, 0.15) is 65.8 Å². The Bertz CT molecular complexity index is 705.